The fourth-order valence-corrected chi connectivity index (χ4v) is 3.54. The Kier molecular flexibility index (Phi) is 4.90. The molecule has 1 heterocycles. The number of hydrogen-bond acceptors (Lipinski definition) is 5. The first kappa shape index (κ1) is 19.6. The molecule has 1 aromatic rings. The molecule has 0 saturated heterocycles. The second kappa shape index (κ2) is 6.51. The minimum atomic E-state index is -0.818. The molecule has 0 saturated carbocycles. The number of carbonyl (C=O) groups excluding carboxylic acids is 3. The first-order chi connectivity index (χ1) is 11.8. The maximum absolute atomic E-state index is 12.5. The van der Waals surface area contributed by atoms with E-state index in [1.165, 1.54) is 18.2 Å². The van der Waals surface area contributed by atoms with Crippen molar-refractivity contribution in [2.45, 2.75) is 46.6 Å². The molecule has 0 fully saturated rings. The van der Waals surface area contributed by atoms with Crippen LogP contribution in [0.25, 0.3) is 0 Å². The van der Waals surface area contributed by atoms with Gasteiger partial charge in [-0.3, -0.25) is 29.4 Å². The number of imide groups is 1. The van der Waals surface area contributed by atoms with Crippen molar-refractivity contribution in [3.05, 3.63) is 39.4 Å². The Bertz CT molecular complexity index is 793. The van der Waals surface area contributed by atoms with Crippen molar-refractivity contribution in [1.82, 2.24) is 10.2 Å². The highest BCUT2D eigenvalue weighted by atomic mass is 16.6. The lowest BCUT2D eigenvalue weighted by Crippen LogP contribution is -2.50. The zero-order valence-corrected chi connectivity index (χ0v) is 15.6. The molecule has 0 bridgehead atoms. The van der Waals surface area contributed by atoms with Crippen LogP contribution in [-0.2, 0) is 4.79 Å². The zero-order chi connectivity index (χ0) is 19.9. The molecular weight excluding hydrogens is 338 g/mol. The van der Waals surface area contributed by atoms with Crippen molar-refractivity contribution in [2.24, 2.45) is 5.41 Å². The molecule has 8 heteroatoms. The van der Waals surface area contributed by atoms with Crippen LogP contribution < -0.4 is 5.32 Å². The van der Waals surface area contributed by atoms with Crippen LogP contribution in [0.2, 0.25) is 0 Å². The molecule has 0 radical (unpaired) electrons. The van der Waals surface area contributed by atoms with Gasteiger partial charge in [0.15, 0.2) is 0 Å². The number of amides is 3. The summed E-state index contributed by atoms with van der Waals surface area (Å²) in [5, 5.41) is 13.9. The van der Waals surface area contributed by atoms with E-state index in [1.807, 2.05) is 34.6 Å². The number of nitrogens with zero attached hydrogens (tertiary/aromatic N) is 2. The molecule has 0 atom stereocenters. The Morgan fingerprint density at radius 1 is 1.15 bits per heavy atom. The summed E-state index contributed by atoms with van der Waals surface area (Å²) in [6, 6.07) is 3.86. The maximum Gasteiger partial charge on any atom is 0.282 e. The maximum atomic E-state index is 12.5. The molecule has 1 aliphatic rings. The second-order valence-corrected chi connectivity index (χ2v) is 8.32. The highest BCUT2D eigenvalue weighted by molar-refractivity contribution is 6.24. The van der Waals surface area contributed by atoms with Crippen LogP contribution in [-0.4, -0.2) is 39.6 Å². The molecule has 1 aromatic carbocycles. The smallest absolute Gasteiger partial charge is 0.282 e. The average Bonchev–Trinajstić information content (AvgIpc) is 2.69. The van der Waals surface area contributed by atoms with E-state index >= 15 is 0 Å². The van der Waals surface area contributed by atoms with E-state index in [4.69, 9.17) is 0 Å². The van der Waals surface area contributed by atoms with E-state index in [2.05, 4.69) is 5.32 Å². The molecule has 26 heavy (non-hydrogen) atoms. The van der Waals surface area contributed by atoms with Gasteiger partial charge in [0.2, 0.25) is 5.91 Å². The van der Waals surface area contributed by atoms with Gasteiger partial charge < -0.3 is 5.32 Å². The van der Waals surface area contributed by atoms with Gasteiger partial charge in [-0.2, -0.15) is 0 Å². The lowest BCUT2D eigenvalue weighted by atomic mass is 9.82. The minimum Gasteiger partial charge on any atom is -0.350 e. The number of fused-ring (bicyclic) bond motifs is 1. The normalized spacial score (nSPS) is 14.4. The van der Waals surface area contributed by atoms with Gasteiger partial charge in [-0.25, -0.2) is 0 Å². The van der Waals surface area contributed by atoms with Gasteiger partial charge in [0, 0.05) is 11.6 Å². The summed E-state index contributed by atoms with van der Waals surface area (Å²) in [4.78, 5) is 48.4. The Labute approximate surface area is 151 Å². The lowest BCUT2D eigenvalue weighted by Gasteiger charge is -2.33. The first-order valence-electron chi connectivity index (χ1n) is 8.27. The first-order valence-corrected chi connectivity index (χ1v) is 8.27. The SMILES string of the molecule is CC(C)(C)CC(C)(C)NC(=O)CN1C(=O)c2cccc([N+](=O)[O-])c2C1=O. The topological polar surface area (TPSA) is 110 Å². The second-order valence-electron chi connectivity index (χ2n) is 8.32. The predicted molar refractivity (Wildman–Crippen MR) is 94.8 cm³/mol. The molecule has 0 aromatic heterocycles. The van der Waals surface area contributed by atoms with Gasteiger partial charge in [-0.1, -0.05) is 26.8 Å². The molecular formula is C18H23N3O5. The number of rotatable bonds is 5. The van der Waals surface area contributed by atoms with Crippen molar-refractivity contribution >= 4 is 23.4 Å². The van der Waals surface area contributed by atoms with Gasteiger partial charge in [0.25, 0.3) is 17.5 Å². The number of carbonyl (C=O) groups is 3. The molecule has 1 aliphatic heterocycles. The van der Waals surface area contributed by atoms with Crippen LogP contribution >= 0.6 is 0 Å². The third-order valence-electron chi connectivity index (χ3n) is 3.93. The van der Waals surface area contributed by atoms with Crippen molar-refractivity contribution in [3.8, 4) is 0 Å². The van der Waals surface area contributed by atoms with E-state index in [0.717, 1.165) is 4.90 Å². The molecule has 8 nitrogen and oxygen atoms in total. The molecule has 1 N–H and O–H groups in total. The van der Waals surface area contributed by atoms with Crippen molar-refractivity contribution in [3.63, 3.8) is 0 Å². The van der Waals surface area contributed by atoms with Gasteiger partial charge in [-0.15, -0.1) is 0 Å². The van der Waals surface area contributed by atoms with E-state index < -0.39 is 40.4 Å². The van der Waals surface area contributed by atoms with Crippen LogP contribution in [0.1, 0.15) is 61.8 Å². The van der Waals surface area contributed by atoms with Crippen molar-refractivity contribution in [1.29, 1.82) is 0 Å². The van der Waals surface area contributed by atoms with Gasteiger partial charge in [0.05, 0.1) is 10.5 Å². The number of benzene rings is 1. The summed E-state index contributed by atoms with van der Waals surface area (Å²) < 4.78 is 0. The minimum absolute atomic E-state index is 0.0209. The van der Waals surface area contributed by atoms with Crippen LogP contribution in [0, 0.1) is 15.5 Å². The number of nitrogens with one attached hydrogen (secondary N) is 1. The molecule has 2 rings (SSSR count). The zero-order valence-electron chi connectivity index (χ0n) is 15.6. The Hall–Kier alpha value is -2.77. The average molecular weight is 361 g/mol. The van der Waals surface area contributed by atoms with E-state index in [1.54, 1.807) is 0 Å². The van der Waals surface area contributed by atoms with Crippen molar-refractivity contribution in [2.75, 3.05) is 6.54 Å². The molecule has 0 spiro atoms. The molecule has 3 amide bonds. The Morgan fingerprint density at radius 2 is 1.77 bits per heavy atom. The number of nitro groups is 1. The van der Waals surface area contributed by atoms with Crippen LogP contribution in [0.3, 0.4) is 0 Å². The number of nitro benzene ring substituents is 1. The summed E-state index contributed by atoms with van der Waals surface area (Å²) in [6.45, 7) is 9.39. The standard InChI is InChI=1S/C18H23N3O5/c1-17(2,3)10-18(4,5)19-13(22)9-20-15(23)11-7-6-8-12(21(25)26)14(11)16(20)24/h6-8H,9-10H2,1-5H3,(H,19,22). The summed E-state index contributed by atoms with van der Waals surface area (Å²) >= 11 is 0. The van der Waals surface area contributed by atoms with Crippen LogP contribution in [0.5, 0.6) is 0 Å². The van der Waals surface area contributed by atoms with E-state index in [0.29, 0.717) is 6.42 Å². The van der Waals surface area contributed by atoms with Gasteiger partial charge in [-0.05, 0) is 31.7 Å². The molecule has 140 valence electrons. The largest absolute Gasteiger partial charge is 0.350 e. The number of hydrogen-bond donors (Lipinski definition) is 1. The van der Waals surface area contributed by atoms with E-state index in [9.17, 15) is 24.5 Å². The van der Waals surface area contributed by atoms with Crippen LogP contribution in [0.15, 0.2) is 18.2 Å². The highest BCUT2D eigenvalue weighted by Crippen LogP contribution is 2.31. The third kappa shape index (κ3) is 4.07. The lowest BCUT2D eigenvalue weighted by molar-refractivity contribution is -0.385. The van der Waals surface area contributed by atoms with Crippen molar-refractivity contribution < 1.29 is 19.3 Å². The predicted octanol–water partition coefficient (Wildman–Crippen LogP) is 2.52. The quantitative estimate of drug-likeness (QED) is 0.492. The third-order valence-corrected chi connectivity index (χ3v) is 3.93. The van der Waals surface area contributed by atoms with Gasteiger partial charge >= 0.3 is 0 Å². The van der Waals surface area contributed by atoms with E-state index in [-0.39, 0.29) is 16.5 Å². The fourth-order valence-electron chi connectivity index (χ4n) is 3.54. The fraction of sp³-hybridized carbons (Fsp3) is 0.500. The van der Waals surface area contributed by atoms with Gasteiger partial charge in [0.1, 0.15) is 12.1 Å². The monoisotopic (exact) mass is 361 g/mol. The highest BCUT2D eigenvalue weighted by Gasteiger charge is 2.42. The van der Waals surface area contributed by atoms with Crippen LogP contribution in [0.4, 0.5) is 5.69 Å². The molecule has 0 aliphatic carbocycles. The Morgan fingerprint density at radius 3 is 2.31 bits per heavy atom. The Balaban J connectivity index is 2.18. The summed E-state index contributed by atoms with van der Waals surface area (Å²) in [6.07, 6.45) is 0.694. The molecule has 0 unspecified atom stereocenters. The summed E-state index contributed by atoms with van der Waals surface area (Å²) in [5.41, 5.74) is -1.29. The summed E-state index contributed by atoms with van der Waals surface area (Å²) in [7, 11) is 0. The summed E-state index contributed by atoms with van der Waals surface area (Å²) in [5.74, 6) is -2.00.